The number of urea groups is 1. The maximum absolute atomic E-state index is 12.0. The van der Waals surface area contributed by atoms with Gasteiger partial charge in [0.05, 0.1) is 5.56 Å². The number of amides is 2. The fourth-order valence-electron chi connectivity index (χ4n) is 2.20. The molecule has 0 aliphatic carbocycles. The van der Waals surface area contributed by atoms with Gasteiger partial charge in [-0.2, -0.15) is 0 Å². The van der Waals surface area contributed by atoms with Gasteiger partial charge in [-0.15, -0.1) is 0 Å². The van der Waals surface area contributed by atoms with Crippen LogP contribution < -0.4 is 5.32 Å². The highest BCUT2D eigenvalue weighted by atomic mass is 16.4. The lowest BCUT2D eigenvalue weighted by molar-refractivity contribution is 0.0696. The fraction of sp³-hybridized carbons (Fsp3) is 0.333. The van der Waals surface area contributed by atoms with Crippen molar-refractivity contribution >= 4 is 12.0 Å². The van der Waals surface area contributed by atoms with E-state index in [1.54, 1.807) is 17.0 Å². The summed E-state index contributed by atoms with van der Waals surface area (Å²) in [5, 5.41) is 11.8. The topological polar surface area (TPSA) is 69.6 Å². The molecule has 5 nitrogen and oxygen atoms in total. The molecule has 2 rings (SSSR count). The largest absolute Gasteiger partial charge is 0.478 e. The van der Waals surface area contributed by atoms with E-state index in [4.69, 9.17) is 5.11 Å². The third kappa shape index (κ3) is 3.17. The maximum Gasteiger partial charge on any atom is 0.335 e. The molecule has 1 aliphatic rings. The predicted molar refractivity (Wildman–Crippen MR) is 75.7 cm³/mol. The molecule has 0 radical (unpaired) electrons. The molecule has 0 aromatic heterocycles. The van der Waals surface area contributed by atoms with Crippen LogP contribution in [0.4, 0.5) is 4.79 Å². The fourth-order valence-corrected chi connectivity index (χ4v) is 2.20. The summed E-state index contributed by atoms with van der Waals surface area (Å²) in [5.74, 6) is -0.948. The van der Waals surface area contributed by atoms with Crippen molar-refractivity contribution in [2.24, 2.45) is 0 Å². The van der Waals surface area contributed by atoms with E-state index >= 15 is 0 Å². The second-order valence-electron chi connectivity index (χ2n) is 5.08. The number of nitrogens with one attached hydrogen (secondary N) is 1. The summed E-state index contributed by atoms with van der Waals surface area (Å²) in [6.45, 7) is 7.13. The molecular weight excluding hydrogens is 256 g/mol. The number of carbonyl (C=O) groups excluding carboxylic acids is 1. The molecule has 0 fully saturated rings. The van der Waals surface area contributed by atoms with Crippen molar-refractivity contribution in [3.63, 3.8) is 0 Å². The van der Waals surface area contributed by atoms with Crippen molar-refractivity contribution in [1.29, 1.82) is 0 Å². The van der Waals surface area contributed by atoms with Gasteiger partial charge in [-0.1, -0.05) is 18.2 Å². The van der Waals surface area contributed by atoms with Crippen molar-refractivity contribution in [2.45, 2.75) is 19.9 Å². The van der Waals surface area contributed by atoms with Gasteiger partial charge in [0.15, 0.2) is 0 Å². The van der Waals surface area contributed by atoms with Gasteiger partial charge in [0, 0.05) is 19.6 Å². The van der Waals surface area contributed by atoms with Crippen LogP contribution in [0.2, 0.25) is 0 Å². The third-order valence-electron chi connectivity index (χ3n) is 3.29. The van der Waals surface area contributed by atoms with Gasteiger partial charge in [-0.05, 0) is 36.6 Å². The highest BCUT2D eigenvalue weighted by Gasteiger charge is 2.21. The number of carbonyl (C=O) groups is 2. The Morgan fingerprint density at radius 1 is 1.40 bits per heavy atom. The standard InChI is InChI=1S/C15H18N2O3/c1-10(2)8-16-15(20)17-6-5-11-3-4-12(14(18)19)7-13(11)9-17/h3-4,7H,1,5-6,8-9H2,2H3,(H,16,20)(H,18,19). The lowest BCUT2D eigenvalue weighted by Crippen LogP contribution is -2.43. The van der Waals surface area contributed by atoms with Crippen molar-refractivity contribution in [1.82, 2.24) is 10.2 Å². The van der Waals surface area contributed by atoms with E-state index < -0.39 is 5.97 Å². The quantitative estimate of drug-likeness (QED) is 0.829. The number of aromatic carboxylic acids is 1. The summed E-state index contributed by atoms with van der Waals surface area (Å²) < 4.78 is 0. The molecule has 0 saturated carbocycles. The summed E-state index contributed by atoms with van der Waals surface area (Å²) in [6, 6.07) is 4.95. The lowest BCUT2D eigenvalue weighted by atomic mass is 9.97. The van der Waals surface area contributed by atoms with Gasteiger partial charge >= 0.3 is 12.0 Å². The van der Waals surface area contributed by atoms with E-state index in [9.17, 15) is 9.59 Å². The Labute approximate surface area is 117 Å². The van der Waals surface area contributed by atoms with Gasteiger partial charge in [0.2, 0.25) is 0 Å². The molecule has 0 saturated heterocycles. The monoisotopic (exact) mass is 274 g/mol. The van der Waals surface area contributed by atoms with Crippen molar-refractivity contribution in [3.8, 4) is 0 Å². The van der Waals surface area contributed by atoms with Crippen molar-refractivity contribution < 1.29 is 14.7 Å². The average Bonchev–Trinajstić information content (AvgIpc) is 2.43. The van der Waals surface area contributed by atoms with Crippen LogP contribution >= 0.6 is 0 Å². The van der Waals surface area contributed by atoms with Gasteiger partial charge in [0.1, 0.15) is 0 Å². The minimum absolute atomic E-state index is 0.139. The molecule has 0 spiro atoms. The molecule has 1 aromatic carbocycles. The Bertz CT molecular complexity index is 566. The number of hydrogen-bond acceptors (Lipinski definition) is 2. The van der Waals surface area contributed by atoms with E-state index in [0.29, 0.717) is 19.6 Å². The lowest BCUT2D eigenvalue weighted by Gasteiger charge is -2.29. The molecule has 2 amide bonds. The van der Waals surface area contributed by atoms with Crippen LogP contribution in [0.1, 0.15) is 28.4 Å². The number of carboxylic acids is 1. The van der Waals surface area contributed by atoms with Gasteiger partial charge in [-0.3, -0.25) is 0 Å². The Balaban J connectivity index is 2.09. The molecule has 2 N–H and O–H groups in total. The van der Waals surface area contributed by atoms with Crippen LogP contribution in [0, 0.1) is 0 Å². The summed E-state index contributed by atoms with van der Waals surface area (Å²) in [6.07, 6.45) is 0.746. The Morgan fingerprint density at radius 3 is 2.80 bits per heavy atom. The van der Waals surface area contributed by atoms with Crippen molar-refractivity contribution in [3.05, 3.63) is 47.0 Å². The zero-order valence-corrected chi connectivity index (χ0v) is 11.5. The molecular formula is C15H18N2O3. The molecule has 1 aliphatic heterocycles. The number of benzene rings is 1. The average molecular weight is 274 g/mol. The first-order valence-corrected chi connectivity index (χ1v) is 6.49. The number of carboxylic acid groups (broad SMARTS) is 1. The highest BCUT2D eigenvalue weighted by molar-refractivity contribution is 5.88. The molecule has 1 aromatic rings. The van der Waals surface area contributed by atoms with Crippen LogP contribution in [0.3, 0.4) is 0 Å². The Morgan fingerprint density at radius 2 is 2.15 bits per heavy atom. The summed E-state index contributed by atoms with van der Waals surface area (Å²) in [4.78, 5) is 24.7. The normalized spacial score (nSPS) is 13.6. The Hall–Kier alpha value is -2.30. The van der Waals surface area contributed by atoms with E-state index in [1.165, 1.54) is 0 Å². The zero-order chi connectivity index (χ0) is 14.7. The van der Waals surface area contributed by atoms with Crippen LogP contribution in [0.5, 0.6) is 0 Å². The zero-order valence-electron chi connectivity index (χ0n) is 11.5. The van der Waals surface area contributed by atoms with Crippen LogP contribution in [-0.2, 0) is 13.0 Å². The van der Waals surface area contributed by atoms with E-state index in [1.807, 2.05) is 13.0 Å². The summed E-state index contributed by atoms with van der Waals surface area (Å²) in [5.41, 5.74) is 3.16. The van der Waals surface area contributed by atoms with Crippen LogP contribution in [0.25, 0.3) is 0 Å². The number of rotatable bonds is 3. The SMILES string of the molecule is C=C(C)CNC(=O)N1CCc2ccc(C(=O)O)cc2C1. The number of fused-ring (bicyclic) bond motifs is 1. The summed E-state index contributed by atoms with van der Waals surface area (Å²) >= 11 is 0. The minimum Gasteiger partial charge on any atom is -0.478 e. The number of hydrogen-bond donors (Lipinski definition) is 2. The molecule has 106 valence electrons. The van der Waals surface area contributed by atoms with E-state index in [-0.39, 0.29) is 11.6 Å². The first-order chi connectivity index (χ1) is 9.47. The van der Waals surface area contributed by atoms with E-state index in [0.717, 1.165) is 23.1 Å². The Kier molecular flexibility index (Phi) is 4.08. The van der Waals surface area contributed by atoms with Gasteiger partial charge in [-0.25, -0.2) is 9.59 Å². The minimum atomic E-state index is -0.948. The van der Waals surface area contributed by atoms with Crippen LogP contribution in [0.15, 0.2) is 30.4 Å². The summed E-state index contributed by atoms with van der Waals surface area (Å²) in [7, 11) is 0. The molecule has 0 atom stereocenters. The number of nitrogens with zero attached hydrogens (tertiary/aromatic N) is 1. The molecule has 0 unspecified atom stereocenters. The molecule has 1 heterocycles. The third-order valence-corrected chi connectivity index (χ3v) is 3.29. The molecule has 5 heteroatoms. The second-order valence-corrected chi connectivity index (χ2v) is 5.08. The first-order valence-electron chi connectivity index (χ1n) is 6.49. The predicted octanol–water partition coefficient (Wildman–Crippen LogP) is 2.03. The van der Waals surface area contributed by atoms with Crippen molar-refractivity contribution in [2.75, 3.05) is 13.1 Å². The first kappa shape index (κ1) is 14.1. The second kappa shape index (κ2) is 5.77. The smallest absolute Gasteiger partial charge is 0.335 e. The highest BCUT2D eigenvalue weighted by Crippen LogP contribution is 2.20. The maximum atomic E-state index is 12.0. The van der Waals surface area contributed by atoms with Gasteiger partial charge < -0.3 is 15.3 Å². The molecule has 0 bridgehead atoms. The van der Waals surface area contributed by atoms with Gasteiger partial charge in [0.25, 0.3) is 0 Å². The van der Waals surface area contributed by atoms with Crippen LogP contribution in [-0.4, -0.2) is 35.1 Å². The molecule has 20 heavy (non-hydrogen) atoms. The van der Waals surface area contributed by atoms with E-state index in [2.05, 4.69) is 11.9 Å².